The van der Waals surface area contributed by atoms with Crippen LogP contribution >= 0.6 is 0 Å². The predicted molar refractivity (Wildman–Crippen MR) is 64.3 cm³/mol. The van der Waals surface area contributed by atoms with E-state index in [0.717, 1.165) is 19.3 Å². The lowest BCUT2D eigenvalue weighted by Crippen LogP contribution is -2.35. The number of hydrogen-bond donors (Lipinski definition) is 2. The van der Waals surface area contributed by atoms with Crippen LogP contribution in [0.1, 0.15) is 47.0 Å². The molecule has 1 atom stereocenters. The molecular formula is C12H25NO3. The van der Waals surface area contributed by atoms with Gasteiger partial charge in [-0.25, -0.2) is 4.79 Å². The Morgan fingerprint density at radius 3 is 2.44 bits per heavy atom. The van der Waals surface area contributed by atoms with Crippen LogP contribution in [0.3, 0.4) is 0 Å². The van der Waals surface area contributed by atoms with E-state index >= 15 is 0 Å². The van der Waals surface area contributed by atoms with Crippen LogP contribution < -0.4 is 5.32 Å². The van der Waals surface area contributed by atoms with Gasteiger partial charge in [0.1, 0.15) is 5.60 Å². The van der Waals surface area contributed by atoms with E-state index in [2.05, 4.69) is 12.2 Å². The second-order valence-electron chi connectivity index (χ2n) is 5.05. The van der Waals surface area contributed by atoms with Crippen LogP contribution in [0, 0.1) is 5.92 Å². The number of nitrogens with one attached hydrogen (secondary N) is 1. The Morgan fingerprint density at radius 2 is 2.00 bits per heavy atom. The molecule has 0 aromatic heterocycles. The van der Waals surface area contributed by atoms with Crippen molar-refractivity contribution in [3.8, 4) is 0 Å². The third kappa shape index (κ3) is 8.53. The molecule has 0 radical (unpaired) electrons. The van der Waals surface area contributed by atoms with Crippen LogP contribution in [-0.2, 0) is 4.74 Å². The Hall–Kier alpha value is -0.770. The van der Waals surface area contributed by atoms with Gasteiger partial charge in [-0.2, -0.15) is 0 Å². The van der Waals surface area contributed by atoms with Gasteiger partial charge in [0, 0.05) is 13.2 Å². The molecule has 2 N–H and O–H groups in total. The molecule has 0 fully saturated rings. The minimum Gasteiger partial charge on any atom is -0.444 e. The fourth-order valence-corrected chi connectivity index (χ4v) is 1.48. The summed E-state index contributed by atoms with van der Waals surface area (Å²) >= 11 is 0. The van der Waals surface area contributed by atoms with Crippen LogP contribution in [0.15, 0.2) is 0 Å². The number of hydrogen-bond acceptors (Lipinski definition) is 3. The second-order valence-corrected chi connectivity index (χ2v) is 5.05. The quantitative estimate of drug-likeness (QED) is 0.737. The molecule has 0 aromatic carbocycles. The molecule has 0 saturated carbocycles. The van der Waals surface area contributed by atoms with Crippen molar-refractivity contribution in [1.29, 1.82) is 0 Å². The van der Waals surface area contributed by atoms with Crippen LogP contribution in [0.2, 0.25) is 0 Å². The van der Waals surface area contributed by atoms with Crippen LogP contribution in [0.4, 0.5) is 4.79 Å². The maximum absolute atomic E-state index is 11.4. The molecule has 4 heteroatoms. The molecule has 16 heavy (non-hydrogen) atoms. The third-order valence-electron chi connectivity index (χ3n) is 2.17. The third-order valence-corrected chi connectivity index (χ3v) is 2.17. The van der Waals surface area contributed by atoms with Gasteiger partial charge in [0.15, 0.2) is 0 Å². The Labute approximate surface area is 98.4 Å². The zero-order valence-electron chi connectivity index (χ0n) is 10.9. The Morgan fingerprint density at radius 1 is 1.38 bits per heavy atom. The van der Waals surface area contributed by atoms with E-state index in [1.807, 2.05) is 20.8 Å². The maximum Gasteiger partial charge on any atom is 0.407 e. The van der Waals surface area contributed by atoms with Crippen LogP contribution in [0.25, 0.3) is 0 Å². The summed E-state index contributed by atoms with van der Waals surface area (Å²) in [4.78, 5) is 11.4. The summed E-state index contributed by atoms with van der Waals surface area (Å²) in [5.41, 5.74) is -0.457. The van der Waals surface area contributed by atoms with E-state index in [1.165, 1.54) is 0 Å². The van der Waals surface area contributed by atoms with E-state index in [9.17, 15) is 4.79 Å². The van der Waals surface area contributed by atoms with Crippen molar-refractivity contribution in [1.82, 2.24) is 5.32 Å². The number of ether oxygens (including phenoxy) is 1. The maximum atomic E-state index is 11.4. The molecule has 0 unspecified atom stereocenters. The number of carbonyl (C=O) groups excluding carboxylic acids is 1. The van der Waals surface area contributed by atoms with Gasteiger partial charge >= 0.3 is 6.09 Å². The molecule has 96 valence electrons. The lowest BCUT2D eigenvalue weighted by molar-refractivity contribution is 0.0515. The summed E-state index contributed by atoms with van der Waals surface area (Å²) in [6, 6.07) is 0. The first-order chi connectivity index (χ1) is 7.39. The summed E-state index contributed by atoms with van der Waals surface area (Å²) in [6.45, 7) is 8.35. The first kappa shape index (κ1) is 15.2. The molecule has 1 amide bonds. The monoisotopic (exact) mass is 231 g/mol. The van der Waals surface area contributed by atoms with Gasteiger partial charge in [0.05, 0.1) is 0 Å². The van der Waals surface area contributed by atoms with Gasteiger partial charge in [0.25, 0.3) is 0 Å². The predicted octanol–water partition coefficient (Wildman–Crippen LogP) is 2.31. The fraction of sp³-hybridized carbons (Fsp3) is 0.917. The molecule has 0 aromatic rings. The van der Waals surface area contributed by atoms with Crippen molar-refractivity contribution in [2.75, 3.05) is 13.2 Å². The van der Waals surface area contributed by atoms with E-state index < -0.39 is 5.60 Å². The Balaban J connectivity index is 3.86. The highest BCUT2D eigenvalue weighted by atomic mass is 16.6. The molecule has 0 bridgehead atoms. The Kier molecular flexibility index (Phi) is 7.13. The zero-order chi connectivity index (χ0) is 12.6. The highest BCUT2D eigenvalue weighted by molar-refractivity contribution is 5.67. The number of alkyl carbamates (subject to hydrolysis) is 1. The van der Waals surface area contributed by atoms with Crippen LogP contribution in [-0.4, -0.2) is 30.0 Å². The summed E-state index contributed by atoms with van der Waals surface area (Å²) in [7, 11) is 0. The molecule has 0 heterocycles. The number of aliphatic hydroxyl groups excluding tert-OH is 1. The summed E-state index contributed by atoms with van der Waals surface area (Å²) in [5.74, 6) is 0.336. The van der Waals surface area contributed by atoms with Crippen molar-refractivity contribution in [2.45, 2.75) is 52.6 Å². The van der Waals surface area contributed by atoms with Gasteiger partial charge < -0.3 is 15.2 Å². The molecule has 0 aliphatic rings. The highest BCUT2D eigenvalue weighted by Gasteiger charge is 2.17. The zero-order valence-corrected chi connectivity index (χ0v) is 10.9. The average molecular weight is 231 g/mol. The summed E-state index contributed by atoms with van der Waals surface area (Å²) in [6.07, 6.45) is 2.41. The molecule has 0 rings (SSSR count). The van der Waals surface area contributed by atoms with Gasteiger partial charge in [-0.3, -0.25) is 0 Å². The topological polar surface area (TPSA) is 58.6 Å². The molecular weight excluding hydrogens is 206 g/mol. The number of rotatable bonds is 6. The standard InChI is InChI=1S/C12H25NO3/c1-5-6-10(7-8-14)9-13-11(15)16-12(2,3)4/h10,14H,5-9H2,1-4H3,(H,13,15)/t10-/m0/s1. The van der Waals surface area contributed by atoms with Gasteiger partial charge in [0.2, 0.25) is 0 Å². The summed E-state index contributed by atoms with van der Waals surface area (Å²) in [5, 5.41) is 11.6. The fourth-order valence-electron chi connectivity index (χ4n) is 1.48. The van der Waals surface area contributed by atoms with Crippen molar-refractivity contribution in [2.24, 2.45) is 5.92 Å². The number of aliphatic hydroxyl groups is 1. The van der Waals surface area contributed by atoms with E-state index in [-0.39, 0.29) is 12.7 Å². The summed E-state index contributed by atoms with van der Waals surface area (Å²) < 4.78 is 5.13. The average Bonchev–Trinajstić information content (AvgIpc) is 2.12. The van der Waals surface area contributed by atoms with E-state index in [1.54, 1.807) is 0 Å². The highest BCUT2D eigenvalue weighted by Crippen LogP contribution is 2.10. The first-order valence-electron chi connectivity index (χ1n) is 5.96. The van der Waals surface area contributed by atoms with Crippen molar-refractivity contribution in [3.05, 3.63) is 0 Å². The first-order valence-corrected chi connectivity index (χ1v) is 5.96. The molecule has 0 aliphatic carbocycles. The number of amides is 1. The lowest BCUT2D eigenvalue weighted by atomic mass is 10.0. The van der Waals surface area contributed by atoms with Crippen molar-refractivity contribution < 1.29 is 14.6 Å². The van der Waals surface area contributed by atoms with Gasteiger partial charge in [-0.05, 0) is 39.5 Å². The normalized spacial score (nSPS) is 13.3. The van der Waals surface area contributed by atoms with Gasteiger partial charge in [-0.1, -0.05) is 13.3 Å². The van der Waals surface area contributed by atoms with Crippen molar-refractivity contribution >= 4 is 6.09 Å². The molecule has 4 nitrogen and oxygen atoms in total. The molecule has 0 spiro atoms. The van der Waals surface area contributed by atoms with E-state index in [0.29, 0.717) is 12.5 Å². The lowest BCUT2D eigenvalue weighted by Gasteiger charge is -2.21. The second kappa shape index (κ2) is 7.49. The molecule has 0 saturated heterocycles. The largest absolute Gasteiger partial charge is 0.444 e. The Bertz CT molecular complexity index is 193. The smallest absolute Gasteiger partial charge is 0.407 e. The van der Waals surface area contributed by atoms with Crippen molar-refractivity contribution in [3.63, 3.8) is 0 Å². The number of carbonyl (C=O) groups is 1. The SMILES string of the molecule is CCC[C@@H](CCO)CNC(=O)OC(C)(C)C. The minimum absolute atomic E-state index is 0.167. The van der Waals surface area contributed by atoms with Gasteiger partial charge in [-0.15, -0.1) is 0 Å². The van der Waals surface area contributed by atoms with Crippen LogP contribution in [0.5, 0.6) is 0 Å². The minimum atomic E-state index is -0.457. The van der Waals surface area contributed by atoms with E-state index in [4.69, 9.17) is 9.84 Å². The molecule has 0 aliphatic heterocycles.